The average Bonchev–Trinajstić information content (AvgIpc) is 2.54. The van der Waals surface area contributed by atoms with Crippen molar-refractivity contribution >= 4 is 32.9 Å². The molecule has 0 spiro atoms. The first kappa shape index (κ1) is 14.4. The van der Waals surface area contributed by atoms with E-state index in [9.17, 15) is 4.79 Å². The highest BCUT2D eigenvalue weighted by Gasteiger charge is 2.28. The quantitative estimate of drug-likeness (QED) is 0.799. The second-order valence-corrected chi connectivity index (χ2v) is 6.15. The predicted molar refractivity (Wildman–Crippen MR) is 86.6 cm³/mol. The van der Waals surface area contributed by atoms with E-state index in [1.54, 1.807) is 12.4 Å². The van der Waals surface area contributed by atoms with Crippen LogP contribution < -0.4 is 0 Å². The molecule has 1 unspecified atom stereocenters. The van der Waals surface area contributed by atoms with Crippen LogP contribution in [-0.2, 0) is 0 Å². The number of benzene rings is 1. The molecule has 1 aliphatic heterocycles. The topological polar surface area (TPSA) is 46.1 Å². The molecule has 4 nitrogen and oxygen atoms in total. The first-order chi connectivity index (χ1) is 10.3. The molecular formula is C16H18BrN3O. The second-order valence-electron chi connectivity index (χ2n) is 5.36. The van der Waals surface area contributed by atoms with Crippen molar-refractivity contribution in [1.82, 2.24) is 14.9 Å². The molecule has 0 radical (unpaired) electrons. The molecule has 1 atom stereocenters. The smallest absolute Gasteiger partial charge is 0.256 e. The molecule has 0 aliphatic carbocycles. The van der Waals surface area contributed by atoms with Gasteiger partial charge in [0, 0.05) is 30.3 Å². The monoisotopic (exact) mass is 347 g/mol. The summed E-state index contributed by atoms with van der Waals surface area (Å²) >= 11 is 3.50. The van der Waals surface area contributed by atoms with Crippen molar-refractivity contribution in [2.45, 2.75) is 31.7 Å². The molecule has 1 aromatic carbocycles. The van der Waals surface area contributed by atoms with Gasteiger partial charge in [-0.05, 0) is 37.8 Å². The van der Waals surface area contributed by atoms with E-state index in [2.05, 4.69) is 25.9 Å². The van der Waals surface area contributed by atoms with E-state index in [1.807, 2.05) is 23.1 Å². The molecule has 1 aliphatic rings. The third kappa shape index (κ3) is 2.93. The number of fused-ring (bicyclic) bond motifs is 1. The molecule has 110 valence electrons. The number of hydrogen-bond acceptors (Lipinski definition) is 3. The average molecular weight is 348 g/mol. The van der Waals surface area contributed by atoms with E-state index in [-0.39, 0.29) is 5.91 Å². The molecule has 3 rings (SSSR count). The molecule has 1 saturated heterocycles. The molecule has 1 amide bonds. The highest BCUT2D eigenvalue weighted by atomic mass is 79.9. The van der Waals surface area contributed by atoms with Gasteiger partial charge in [-0.1, -0.05) is 22.0 Å². The highest BCUT2D eigenvalue weighted by Crippen LogP contribution is 2.24. The van der Waals surface area contributed by atoms with E-state index in [1.165, 1.54) is 6.42 Å². The lowest BCUT2D eigenvalue weighted by Crippen LogP contribution is -2.44. The molecule has 2 heterocycles. The molecule has 0 N–H and O–H groups in total. The molecule has 2 aromatic rings. The zero-order valence-corrected chi connectivity index (χ0v) is 13.4. The van der Waals surface area contributed by atoms with Crippen LogP contribution in [0.25, 0.3) is 11.0 Å². The molecule has 0 bridgehead atoms. The SMILES string of the molecule is O=C(c1cccc2nccnc12)N1CCCCC1CCBr. The zero-order valence-electron chi connectivity index (χ0n) is 11.8. The van der Waals surface area contributed by atoms with Gasteiger partial charge >= 0.3 is 0 Å². The third-order valence-electron chi connectivity index (χ3n) is 4.06. The van der Waals surface area contributed by atoms with Crippen molar-refractivity contribution in [1.29, 1.82) is 0 Å². The summed E-state index contributed by atoms with van der Waals surface area (Å²) in [6.45, 7) is 0.840. The summed E-state index contributed by atoms with van der Waals surface area (Å²) in [6.07, 6.45) is 7.68. The fraction of sp³-hybridized carbons (Fsp3) is 0.438. The third-order valence-corrected chi connectivity index (χ3v) is 4.52. The van der Waals surface area contributed by atoms with Crippen molar-refractivity contribution in [3.05, 3.63) is 36.2 Å². The minimum atomic E-state index is 0.0896. The molecular weight excluding hydrogens is 330 g/mol. The van der Waals surface area contributed by atoms with Gasteiger partial charge in [0.25, 0.3) is 5.91 Å². The Bertz CT molecular complexity index is 639. The number of rotatable bonds is 3. The predicted octanol–water partition coefficient (Wildman–Crippen LogP) is 3.41. The van der Waals surface area contributed by atoms with Gasteiger partial charge in [0.05, 0.1) is 11.1 Å². The number of alkyl halides is 1. The largest absolute Gasteiger partial charge is 0.336 e. The Balaban J connectivity index is 1.95. The summed E-state index contributed by atoms with van der Waals surface area (Å²) in [5.74, 6) is 0.0896. The minimum absolute atomic E-state index is 0.0896. The number of nitrogens with zero attached hydrogens (tertiary/aromatic N) is 3. The van der Waals surface area contributed by atoms with E-state index in [4.69, 9.17) is 0 Å². The number of para-hydroxylation sites is 1. The molecule has 0 saturated carbocycles. The van der Waals surface area contributed by atoms with Crippen molar-refractivity contribution in [3.8, 4) is 0 Å². The lowest BCUT2D eigenvalue weighted by Gasteiger charge is -2.35. The number of halogens is 1. The number of carbonyl (C=O) groups is 1. The number of carbonyl (C=O) groups excluding carboxylic acids is 1. The van der Waals surface area contributed by atoms with E-state index < -0.39 is 0 Å². The van der Waals surface area contributed by atoms with Gasteiger partial charge in [-0.15, -0.1) is 0 Å². The van der Waals surface area contributed by atoms with Gasteiger partial charge in [0.2, 0.25) is 0 Å². The van der Waals surface area contributed by atoms with Gasteiger partial charge < -0.3 is 4.90 Å². The normalized spacial score (nSPS) is 18.9. The molecule has 5 heteroatoms. The summed E-state index contributed by atoms with van der Waals surface area (Å²) in [6, 6.07) is 5.97. The zero-order chi connectivity index (χ0) is 14.7. The number of likely N-dealkylation sites (tertiary alicyclic amines) is 1. The number of piperidine rings is 1. The van der Waals surface area contributed by atoms with Crippen LogP contribution in [0.5, 0.6) is 0 Å². The van der Waals surface area contributed by atoms with Crippen LogP contribution in [0.4, 0.5) is 0 Å². The summed E-state index contributed by atoms with van der Waals surface area (Å²) in [5, 5.41) is 0.927. The van der Waals surface area contributed by atoms with Crippen LogP contribution in [0, 0.1) is 0 Å². The number of aromatic nitrogens is 2. The first-order valence-electron chi connectivity index (χ1n) is 7.38. The summed E-state index contributed by atoms with van der Waals surface area (Å²) < 4.78 is 0. The van der Waals surface area contributed by atoms with Crippen LogP contribution in [0.15, 0.2) is 30.6 Å². The Kier molecular flexibility index (Phi) is 4.48. The maximum atomic E-state index is 12.9. The highest BCUT2D eigenvalue weighted by molar-refractivity contribution is 9.09. The summed E-state index contributed by atoms with van der Waals surface area (Å²) in [7, 11) is 0. The lowest BCUT2D eigenvalue weighted by atomic mass is 9.98. The number of hydrogen-bond donors (Lipinski definition) is 0. The van der Waals surface area contributed by atoms with Gasteiger partial charge in [-0.25, -0.2) is 0 Å². The fourth-order valence-corrected chi connectivity index (χ4v) is 3.54. The Labute approximate surface area is 132 Å². The van der Waals surface area contributed by atoms with Crippen LogP contribution in [0.3, 0.4) is 0 Å². The first-order valence-corrected chi connectivity index (χ1v) is 8.50. The minimum Gasteiger partial charge on any atom is -0.336 e. The van der Waals surface area contributed by atoms with E-state index in [0.717, 1.165) is 36.7 Å². The van der Waals surface area contributed by atoms with Crippen LogP contribution in [0.2, 0.25) is 0 Å². The van der Waals surface area contributed by atoms with Gasteiger partial charge in [-0.2, -0.15) is 0 Å². The van der Waals surface area contributed by atoms with Crippen molar-refractivity contribution in [3.63, 3.8) is 0 Å². The van der Waals surface area contributed by atoms with Gasteiger partial charge in [-0.3, -0.25) is 14.8 Å². The molecule has 1 aromatic heterocycles. The van der Waals surface area contributed by atoms with Crippen molar-refractivity contribution in [2.24, 2.45) is 0 Å². The number of amides is 1. The van der Waals surface area contributed by atoms with Crippen LogP contribution in [-0.4, -0.2) is 38.7 Å². The van der Waals surface area contributed by atoms with Gasteiger partial charge in [0.15, 0.2) is 0 Å². The Hall–Kier alpha value is -1.49. The molecule has 21 heavy (non-hydrogen) atoms. The van der Waals surface area contributed by atoms with Crippen LogP contribution >= 0.6 is 15.9 Å². The summed E-state index contributed by atoms with van der Waals surface area (Å²) in [5.41, 5.74) is 2.15. The molecule has 1 fully saturated rings. The lowest BCUT2D eigenvalue weighted by molar-refractivity contribution is 0.0612. The Morgan fingerprint density at radius 3 is 3.00 bits per heavy atom. The summed E-state index contributed by atoms with van der Waals surface area (Å²) in [4.78, 5) is 23.6. The fourth-order valence-electron chi connectivity index (χ4n) is 3.01. The standard InChI is InChI=1S/C16H18BrN3O/c17-8-7-12-4-1-2-11-20(12)16(21)13-5-3-6-14-15(13)19-10-9-18-14/h3,5-6,9-10,12H,1-2,4,7-8,11H2. The van der Waals surface area contributed by atoms with Crippen LogP contribution in [0.1, 0.15) is 36.0 Å². The second kappa shape index (κ2) is 6.52. The van der Waals surface area contributed by atoms with E-state index in [0.29, 0.717) is 17.1 Å². The maximum absolute atomic E-state index is 12.9. The maximum Gasteiger partial charge on any atom is 0.256 e. The Morgan fingerprint density at radius 1 is 1.29 bits per heavy atom. The Morgan fingerprint density at radius 2 is 2.14 bits per heavy atom. The van der Waals surface area contributed by atoms with E-state index >= 15 is 0 Å². The van der Waals surface area contributed by atoms with Crippen molar-refractivity contribution in [2.75, 3.05) is 11.9 Å². The van der Waals surface area contributed by atoms with Gasteiger partial charge in [0.1, 0.15) is 5.52 Å². The van der Waals surface area contributed by atoms with Crippen molar-refractivity contribution < 1.29 is 4.79 Å².